The Morgan fingerprint density at radius 3 is 2.35 bits per heavy atom. The number of benzene rings is 2. The van der Waals surface area contributed by atoms with Crippen molar-refractivity contribution in [1.82, 2.24) is 5.43 Å². The molecule has 0 radical (unpaired) electrons. The summed E-state index contributed by atoms with van der Waals surface area (Å²) in [5.74, 6) is -0.183. The molecule has 2 aromatic carbocycles. The lowest BCUT2D eigenvalue weighted by molar-refractivity contribution is 0.0954. The van der Waals surface area contributed by atoms with Crippen molar-refractivity contribution >= 4 is 11.6 Å². The van der Waals surface area contributed by atoms with Crippen LogP contribution in [-0.2, 0) is 6.42 Å². The summed E-state index contributed by atoms with van der Waals surface area (Å²) in [4.78, 5) is 11.9. The van der Waals surface area contributed by atoms with Crippen molar-refractivity contribution in [2.24, 2.45) is 5.10 Å². The first-order valence-corrected chi connectivity index (χ1v) is 6.59. The SMILES string of the molecule is C/C(Cc1ccccc1)=N\NC(=O)c1ccc(C)cc1. The first kappa shape index (κ1) is 14.0. The summed E-state index contributed by atoms with van der Waals surface area (Å²) in [7, 11) is 0. The number of hydrogen-bond donors (Lipinski definition) is 1. The highest BCUT2D eigenvalue weighted by Crippen LogP contribution is 2.03. The average Bonchev–Trinajstić information content (AvgIpc) is 2.46. The molecule has 20 heavy (non-hydrogen) atoms. The molecule has 0 unspecified atom stereocenters. The maximum absolute atomic E-state index is 11.9. The van der Waals surface area contributed by atoms with Gasteiger partial charge in [0.05, 0.1) is 0 Å². The van der Waals surface area contributed by atoms with Gasteiger partial charge < -0.3 is 0 Å². The number of aryl methyl sites for hydroxylation is 1. The van der Waals surface area contributed by atoms with Crippen LogP contribution in [0.1, 0.15) is 28.4 Å². The van der Waals surface area contributed by atoms with Gasteiger partial charge >= 0.3 is 0 Å². The highest BCUT2D eigenvalue weighted by atomic mass is 16.2. The summed E-state index contributed by atoms with van der Waals surface area (Å²) >= 11 is 0. The topological polar surface area (TPSA) is 41.5 Å². The van der Waals surface area contributed by atoms with Gasteiger partial charge in [0.15, 0.2) is 0 Å². The van der Waals surface area contributed by atoms with Crippen molar-refractivity contribution in [3.63, 3.8) is 0 Å². The first-order chi connectivity index (χ1) is 9.65. The number of nitrogens with one attached hydrogen (secondary N) is 1. The Kier molecular flexibility index (Phi) is 4.66. The number of rotatable bonds is 4. The number of carbonyl (C=O) groups excluding carboxylic acids is 1. The van der Waals surface area contributed by atoms with Gasteiger partial charge in [-0.25, -0.2) is 5.43 Å². The standard InChI is InChI=1S/C17H18N2O/c1-13-8-10-16(11-9-13)17(20)19-18-14(2)12-15-6-4-3-5-7-15/h3-11H,12H2,1-2H3,(H,19,20)/b18-14+. The van der Waals surface area contributed by atoms with E-state index < -0.39 is 0 Å². The number of nitrogens with zero attached hydrogens (tertiary/aromatic N) is 1. The Hall–Kier alpha value is -2.42. The fraction of sp³-hybridized carbons (Fsp3) is 0.176. The lowest BCUT2D eigenvalue weighted by atomic mass is 10.1. The lowest BCUT2D eigenvalue weighted by Gasteiger charge is -2.03. The predicted octanol–water partition coefficient (Wildman–Crippen LogP) is 3.34. The van der Waals surface area contributed by atoms with Crippen LogP contribution in [0.5, 0.6) is 0 Å². The van der Waals surface area contributed by atoms with Gasteiger partial charge in [-0.3, -0.25) is 4.79 Å². The summed E-state index contributed by atoms with van der Waals surface area (Å²) < 4.78 is 0. The molecule has 3 heteroatoms. The van der Waals surface area contributed by atoms with Gasteiger partial charge in [0.25, 0.3) is 5.91 Å². The first-order valence-electron chi connectivity index (χ1n) is 6.59. The van der Waals surface area contributed by atoms with Gasteiger partial charge in [-0.05, 0) is 31.5 Å². The summed E-state index contributed by atoms with van der Waals surface area (Å²) in [6.07, 6.45) is 0.731. The van der Waals surface area contributed by atoms with Gasteiger partial charge in [0.2, 0.25) is 0 Å². The van der Waals surface area contributed by atoms with Crippen LogP contribution in [0.25, 0.3) is 0 Å². The second-order valence-electron chi connectivity index (χ2n) is 4.82. The summed E-state index contributed by atoms with van der Waals surface area (Å²) in [5.41, 5.74) is 6.39. The molecule has 0 saturated heterocycles. The molecule has 102 valence electrons. The third-order valence-electron chi connectivity index (χ3n) is 2.96. The number of hydrazone groups is 1. The molecule has 0 saturated carbocycles. The number of amides is 1. The van der Waals surface area contributed by atoms with Crippen LogP contribution in [0, 0.1) is 6.92 Å². The molecule has 1 N–H and O–H groups in total. The zero-order valence-corrected chi connectivity index (χ0v) is 11.8. The summed E-state index contributed by atoms with van der Waals surface area (Å²) in [6.45, 7) is 3.90. The quantitative estimate of drug-likeness (QED) is 0.669. The third-order valence-corrected chi connectivity index (χ3v) is 2.96. The van der Waals surface area contributed by atoms with E-state index in [0.29, 0.717) is 5.56 Å². The largest absolute Gasteiger partial charge is 0.271 e. The normalized spacial score (nSPS) is 11.2. The minimum atomic E-state index is -0.183. The molecule has 1 amide bonds. The van der Waals surface area contributed by atoms with E-state index in [1.807, 2.05) is 56.3 Å². The van der Waals surface area contributed by atoms with E-state index in [1.54, 1.807) is 12.1 Å². The van der Waals surface area contributed by atoms with Crippen LogP contribution in [0.2, 0.25) is 0 Å². The molecule has 0 aliphatic heterocycles. The van der Waals surface area contributed by atoms with Crippen LogP contribution in [0.3, 0.4) is 0 Å². The maximum Gasteiger partial charge on any atom is 0.271 e. The van der Waals surface area contributed by atoms with E-state index in [0.717, 1.165) is 17.7 Å². The minimum absolute atomic E-state index is 0.183. The number of hydrogen-bond acceptors (Lipinski definition) is 2. The van der Waals surface area contributed by atoms with Gasteiger partial charge in [-0.1, -0.05) is 48.0 Å². The second-order valence-corrected chi connectivity index (χ2v) is 4.82. The predicted molar refractivity (Wildman–Crippen MR) is 81.9 cm³/mol. The third kappa shape index (κ3) is 4.05. The molecule has 3 nitrogen and oxygen atoms in total. The minimum Gasteiger partial charge on any atom is -0.267 e. The van der Waals surface area contributed by atoms with Gasteiger partial charge in [-0.2, -0.15) is 5.10 Å². The van der Waals surface area contributed by atoms with Crippen LogP contribution >= 0.6 is 0 Å². The molecular weight excluding hydrogens is 248 g/mol. The van der Waals surface area contributed by atoms with E-state index in [9.17, 15) is 4.79 Å². The Morgan fingerprint density at radius 1 is 1.05 bits per heavy atom. The summed E-state index contributed by atoms with van der Waals surface area (Å²) in [5, 5.41) is 4.14. The van der Waals surface area contributed by atoms with Crippen molar-refractivity contribution in [3.05, 3.63) is 71.3 Å². The van der Waals surface area contributed by atoms with Gasteiger partial charge in [0, 0.05) is 17.7 Å². The zero-order chi connectivity index (χ0) is 14.4. The highest BCUT2D eigenvalue weighted by Gasteiger charge is 2.03. The molecule has 0 bridgehead atoms. The van der Waals surface area contributed by atoms with E-state index in [2.05, 4.69) is 10.5 Å². The molecule has 2 rings (SSSR count). The number of carbonyl (C=O) groups is 1. The van der Waals surface area contributed by atoms with Crippen LogP contribution in [0.15, 0.2) is 59.7 Å². The molecule has 0 spiro atoms. The lowest BCUT2D eigenvalue weighted by Crippen LogP contribution is -2.19. The highest BCUT2D eigenvalue weighted by molar-refractivity contribution is 5.95. The van der Waals surface area contributed by atoms with E-state index in [-0.39, 0.29) is 5.91 Å². The van der Waals surface area contributed by atoms with E-state index >= 15 is 0 Å². The fourth-order valence-corrected chi connectivity index (χ4v) is 1.85. The molecule has 0 aliphatic rings. The molecule has 0 atom stereocenters. The monoisotopic (exact) mass is 266 g/mol. The second kappa shape index (κ2) is 6.66. The van der Waals surface area contributed by atoms with Crippen molar-refractivity contribution in [3.8, 4) is 0 Å². The Bertz CT molecular complexity index is 601. The Morgan fingerprint density at radius 2 is 1.70 bits per heavy atom. The molecule has 0 fully saturated rings. The fourth-order valence-electron chi connectivity index (χ4n) is 1.85. The molecule has 0 aliphatic carbocycles. The average molecular weight is 266 g/mol. The molecule has 0 aromatic heterocycles. The van der Waals surface area contributed by atoms with Crippen molar-refractivity contribution in [1.29, 1.82) is 0 Å². The van der Waals surface area contributed by atoms with Crippen LogP contribution in [-0.4, -0.2) is 11.6 Å². The Labute approximate surface area is 119 Å². The van der Waals surface area contributed by atoms with E-state index in [4.69, 9.17) is 0 Å². The zero-order valence-electron chi connectivity index (χ0n) is 11.8. The smallest absolute Gasteiger partial charge is 0.267 e. The molecular formula is C17H18N2O. The Balaban J connectivity index is 1.94. The summed E-state index contributed by atoms with van der Waals surface area (Å²) in [6, 6.07) is 17.5. The van der Waals surface area contributed by atoms with Crippen LogP contribution < -0.4 is 5.43 Å². The van der Waals surface area contributed by atoms with Gasteiger partial charge in [0.1, 0.15) is 0 Å². The molecule has 2 aromatic rings. The van der Waals surface area contributed by atoms with Crippen molar-refractivity contribution in [2.75, 3.05) is 0 Å². The van der Waals surface area contributed by atoms with Gasteiger partial charge in [-0.15, -0.1) is 0 Å². The van der Waals surface area contributed by atoms with Crippen LogP contribution in [0.4, 0.5) is 0 Å². The maximum atomic E-state index is 11.9. The van der Waals surface area contributed by atoms with E-state index in [1.165, 1.54) is 5.56 Å². The molecule has 0 heterocycles. The van der Waals surface area contributed by atoms with Crippen molar-refractivity contribution in [2.45, 2.75) is 20.3 Å². The van der Waals surface area contributed by atoms with Crippen molar-refractivity contribution < 1.29 is 4.79 Å².